The number of nitrogens with zero attached hydrogens (tertiary/aromatic N) is 1. The molecular weight excluding hydrogens is 188 g/mol. The van der Waals surface area contributed by atoms with E-state index in [0.717, 1.165) is 19.4 Å². The van der Waals surface area contributed by atoms with Crippen LogP contribution in [0.3, 0.4) is 0 Å². The van der Waals surface area contributed by atoms with Crippen molar-refractivity contribution < 1.29 is 4.79 Å². The monoisotopic (exact) mass is 212 g/mol. The van der Waals surface area contributed by atoms with E-state index in [0.29, 0.717) is 24.9 Å². The lowest BCUT2D eigenvalue weighted by atomic mass is 9.97. The molecule has 3 heteroatoms. The van der Waals surface area contributed by atoms with Crippen LogP contribution in [0.4, 0.5) is 0 Å². The molecule has 0 bridgehead atoms. The smallest absolute Gasteiger partial charge is 0.222 e. The molecule has 1 fully saturated rings. The molecule has 15 heavy (non-hydrogen) atoms. The van der Waals surface area contributed by atoms with Gasteiger partial charge in [0.1, 0.15) is 0 Å². The Morgan fingerprint density at radius 1 is 1.47 bits per heavy atom. The molecule has 1 atom stereocenters. The summed E-state index contributed by atoms with van der Waals surface area (Å²) in [6.45, 7) is 3.78. The zero-order valence-corrected chi connectivity index (χ0v) is 9.87. The van der Waals surface area contributed by atoms with E-state index in [1.165, 1.54) is 25.7 Å². The van der Waals surface area contributed by atoms with E-state index in [9.17, 15) is 4.79 Å². The van der Waals surface area contributed by atoms with Gasteiger partial charge in [0.15, 0.2) is 0 Å². The number of rotatable bonds is 5. The quantitative estimate of drug-likeness (QED) is 0.756. The minimum absolute atomic E-state index is 0.318. The van der Waals surface area contributed by atoms with Crippen LogP contribution in [0.1, 0.15) is 51.9 Å². The first-order valence-electron chi connectivity index (χ1n) is 6.29. The van der Waals surface area contributed by atoms with E-state index >= 15 is 0 Å². The molecule has 1 amide bonds. The molecule has 0 spiro atoms. The van der Waals surface area contributed by atoms with Crippen LogP contribution >= 0.6 is 0 Å². The van der Waals surface area contributed by atoms with Gasteiger partial charge in [-0.1, -0.05) is 13.3 Å². The van der Waals surface area contributed by atoms with Crippen LogP contribution in [-0.2, 0) is 4.79 Å². The molecule has 0 aromatic carbocycles. The average Bonchev–Trinajstić information content (AvgIpc) is 2.27. The highest BCUT2D eigenvalue weighted by atomic mass is 16.2. The minimum Gasteiger partial charge on any atom is -0.340 e. The van der Waals surface area contributed by atoms with E-state index in [2.05, 4.69) is 11.8 Å². The normalized spacial score (nSPS) is 21.7. The number of piperidine rings is 1. The predicted octanol–water partition coefficient (Wildman–Crippen LogP) is 1.91. The molecule has 1 heterocycles. The van der Waals surface area contributed by atoms with E-state index < -0.39 is 0 Å². The zero-order chi connectivity index (χ0) is 11.1. The van der Waals surface area contributed by atoms with Crippen LogP contribution in [0.15, 0.2) is 0 Å². The maximum Gasteiger partial charge on any atom is 0.222 e. The molecule has 1 aliphatic rings. The van der Waals surface area contributed by atoms with Crippen molar-refractivity contribution in [3.63, 3.8) is 0 Å². The molecule has 88 valence electrons. The SMILES string of the molecule is CCCC1CCCCN1C(=O)CCCN. The van der Waals surface area contributed by atoms with Crippen LogP contribution in [0.25, 0.3) is 0 Å². The second-order valence-corrected chi connectivity index (χ2v) is 4.42. The Bertz CT molecular complexity index is 192. The maximum absolute atomic E-state index is 11.9. The third-order valence-electron chi connectivity index (χ3n) is 3.16. The van der Waals surface area contributed by atoms with Crippen LogP contribution < -0.4 is 5.73 Å². The van der Waals surface area contributed by atoms with Gasteiger partial charge in [-0.25, -0.2) is 0 Å². The Hall–Kier alpha value is -0.570. The Balaban J connectivity index is 2.43. The fourth-order valence-corrected chi connectivity index (χ4v) is 2.36. The number of likely N-dealkylation sites (tertiary alicyclic amines) is 1. The molecule has 2 N–H and O–H groups in total. The van der Waals surface area contributed by atoms with Gasteiger partial charge in [-0.15, -0.1) is 0 Å². The fraction of sp³-hybridized carbons (Fsp3) is 0.917. The molecule has 3 nitrogen and oxygen atoms in total. The number of hydrogen-bond donors (Lipinski definition) is 1. The molecule has 1 unspecified atom stereocenters. The van der Waals surface area contributed by atoms with Gasteiger partial charge in [0.25, 0.3) is 0 Å². The van der Waals surface area contributed by atoms with Gasteiger partial charge < -0.3 is 10.6 Å². The Morgan fingerprint density at radius 3 is 2.93 bits per heavy atom. The minimum atomic E-state index is 0.318. The van der Waals surface area contributed by atoms with Gasteiger partial charge in [-0.3, -0.25) is 4.79 Å². The first kappa shape index (κ1) is 12.5. The second-order valence-electron chi connectivity index (χ2n) is 4.42. The van der Waals surface area contributed by atoms with Crippen LogP contribution in [0.5, 0.6) is 0 Å². The lowest BCUT2D eigenvalue weighted by molar-refractivity contribution is -0.135. The molecule has 0 aliphatic carbocycles. The van der Waals surface area contributed by atoms with E-state index in [4.69, 9.17) is 5.73 Å². The first-order chi connectivity index (χ1) is 7.29. The molecular formula is C12H24N2O. The molecule has 0 radical (unpaired) electrons. The summed E-state index contributed by atoms with van der Waals surface area (Å²) >= 11 is 0. The predicted molar refractivity (Wildman–Crippen MR) is 62.5 cm³/mol. The van der Waals surface area contributed by atoms with Crippen molar-refractivity contribution in [3.8, 4) is 0 Å². The van der Waals surface area contributed by atoms with Gasteiger partial charge in [0.05, 0.1) is 0 Å². The highest BCUT2D eigenvalue weighted by Crippen LogP contribution is 2.21. The maximum atomic E-state index is 11.9. The highest BCUT2D eigenvalue weighted by Gasteiger charge is 2.24. The number of carbonyl (C=O) groups excluding carboxylic acids is 1. The molecule has 1 rings (SSSR count). The number of amides is 1. The summed E-state index contributed by atoms with van der Waals surface area (Å²) < 4.78 is 0. The third-order valence-corrected chi connectivity index (χ3v) is 3.16. The van der Waals surface area contributed by atoms with E-state index in [1.807, 2.05) is 0 Å². The molecule has 0 saturated carbocycles. The standard InChI is InChI=1S/C12H24N2O/c1-2-6-11-7-3-4-10-14(11)12(15)8-5-9-13/h11H,2-10,13H2,1H3. The lowest BCUT2D eigenvalue weighted by Crippen LogP contribution is -2.43. The molecule has 0 aromatic rings. The summed E-state index contributed by atoms with van der Waals surface area (Å²) in [6, 6.07) is 0.508. The van der Waals surface area contributed by atoms with Crippen molar-refractivity contribution in [2.24, 2.45) is 5.73 Å². The van der Waals surface area contributed by atoms with Gasteiger partial charge in [0.2, 0.25) is 5.91 Å². The van der Waals surface area contributed by atoms with Crippen LogP contribution in [-0.4, -0.2) is 29.9 Å². The van der Waals surface area contributed by atoms with Gasteiger partial charge in [-0.2, -0.15) is 0 Å². The first-order valence-corrected chi connectivity index (χ1v) is 6.29. The zero-order valence-electron chi connectivity index (χ0n) is 9.87. The Morgan fingerprint density at radius 2 is 2.27 bits per heavy atom. The van der Waals surface area contributed by atoms with Crippen LogP contribution in [0.2, 0.25) is 0 Å². The molecule has 1 saturated heterocycles. The highest BCUT2D eigenvalue weighted by molar-refractivity contribution is 5.76. The lowest BCUT2D eigenvalue weighted by Gasteiger charge is -2.36. The van der Waals surface area contributed by atoms with Gasteiger partial charge in [0, 0.05) is 19.0 Å². The fourth-order valence-electron chi connectivity index (χ4n) is 2.36. The van der Waals surface area contributed by atoms with Crippen molar-refractivity contribution in [2.45, 2.75) is 57.9 Å². The third kappa shape index (κ3) is 3.82. The second kappa shape index (κ2) is 6.83. The van der Waals surface area contributed by atoms with Gasteiger partial charge in [-0.05, 0) is 38.6 Å². The average molecular weight is 212 g/mol. The van der Waals surface area contributed by atoms with Crippen molar-refractivity contribution in [2.75, 3.05) is 13.1 Å². The van der Waals surface area contributed by atoms with E-state index in [1.54, 1.807) is 0 Å². The number of nitrogens with two attached hydrogens (primary N) is 1. The summed E-state index contributed by atoms with van der Waals surface area (Å²) in [4.78, 5) is 14.0. The van der Waals surface area contributed by atoms with Crippen molar-refractivity contribution in [3.05, 3.63) is 0 Å². The van der Waals surface area contributed by atoms with Gasteiger partial charge >= 0.3 is 0 Å². The topological polar surface area (TPSA) is 46.3 Å². The summed E-state index contributed by atoms with van der Waals surface area (Å²) in [5.74, 6) is 0.318. The van der Waals surface area contributed by atoms with Crippen molar-refractivity contribution in [1.82, 2.24) is 4.90 Å². The van der Waals surface area contributed by atoms with Crippen molar-refractivity contribution >= 4 is 5.91 Å². The summed E-state index contributed by atoms with van der Waals surface area (Å²) in [5.41, 5.74) is 5.43. The molecule has 1 aliphatic heterocycles. The number of carbonyl (C=O) groups is 1. The Labute approximate surface area is 93.0 Å². The Kier molecular flexibility index (Phi) is 5.69. The van der Waals surface area contributed by atoms with Crippen LogP contribution in [0, 0.1) is 0 Å². The van der Waals surface area contributed by atoms with Crippen molar-refractivity contribution in [1.29, 1.82) is 0 Å². The summed E-state index contributed by atoms with van der Waals surface area (Å²) in [7, 11) is 0. The summed E-state index contributed by atoms with van der Waals surface area (Å²) in [5, 5.41) is 0. The summed E-state index contributed by atoms with van der Waals surface area (Å²) in [6.07, 6.45) is 7.45. The van der Waals surface area contributed by atoms with E-state index in [-0.39, 0.29) is 0 Å². The number of hydrogen-bond acceptors (Lipinski definition) is 2. The molecule has 0 aromatic heterocycles. The largest absolute Gasteiger partial charge is 0.340 e.